The molecule has 6 heteroatoms. The lowest BCUT2D eigenvalue weighted by Crippen LogP contribution is -2.35. The number of benzene rings is 3. The molecule has 1 fully saturated rings. The monoisotopic (exact) mass is 448 g/mol. The third-order valence-electron chi connectivity index (χ3n) is 6.68. The van der Waals surface area contributed by atoms with E-state index in [0.29, 0.717) is 24.8 Å². The van der Waals surface area contributed by atoms with Gasteiger partial charge in [-0.3, -0.25) is 4.90 Å². The standard InChI is InChI=1S/C26H28N2O3S/c1-31-23-11-7-12-24(14-23)32(29,30)28-17-21-10-5-6-13-25(21)26-19-27(16-22(26)18-28)15-20-8-3-2-4-9-20/h2-14,22,26H,15-19H2,1H3. The molecule has 2 atom stereocenters. The molecule has 2 aliphatic rings. The fourth-order valence-electron chi connectivity index (χ4n) is 5.12. The molecule has 2 aliphatic heterocycles. The summed E-state index contributed by atoms with van der Waals surface area (Å²) in [6.45, 7) is 3.64. The molecular weight excluding hydrogens is 420 g/mol. The third-order valence-corrected chi connectivity index (χ3v) is 8.49. The van der Waals surface area contributed by atoms with E-state index in [0.717, 1.165) is 25.2 Å². The summed E-state index contributed by atoms with van der Waals surface area (Å²) in [5, 5.41) is 0. The van der Waals surface area contributed by atoms with E-state index in [1.165, 1.54) is 11.1 Å². The molecule has 5 rings (SSSR count). The molecule has 2 heterocycles. The first-order valence-corrected chi connectivity index (χ1v) is 12.5. The summed E-state index contributed by atoms with van der Waals surface area (Å²) in [4.78, 5) is 2.75. The van der Waals surface area contributed by atoms with Crippen LogP contribution in [0.1, 0.15) is 22.6 Å². The van der Waals surface area contributed by atoms with Crippen LogP contribution >= 0.6 is 0 Å². The Labute approximate surface area is 190 Å². The van der Waals surface area contributed by atoms with Gasteiger partial charge in [0.15, 0.2) is 0 Å². The molecule has 0 aromatic heterocycles. The van der Waals surface area contributed by atoms with Crippen molar-refractivity contribution in [3.63, 3.8) is 0 Å². The Balaban J connectivity index is 1.46. The van der Waals surface area contributed by atoms with Gasteiger partial charge in [-0.1, -0.05) is 60.7 Å². The summed E-state index contributed by atoms with van der Waals surface area (Å²) in [5.74, 6) is 1.14. The van der Waals surface area contributed by atoms with Gasteiger partial charge in [0.1, 0.15) is 5.75 Å². The van der Waals surface area contributed by atoms with Gasteiger partial charge in [-0.25, -0.2) is 8.42 Å². The number of sulfonamides is 1. The van der Waals surface area contributed by atoms with Crippen LogP contribution in [-0.4, -0.2) is 44.4 Å². The second-order valence-electron chi connectivity index (χ2n) is 8.72. The number of rotatable bonds is 5. The lowest BCUT2D eigenvalue weighted by atomic mass is 9.87. The van der Waals surface area contributed by atoms with Crippen molar-refractivity contribution in [2.24, 2.45) is 5.92 Å². The van der Waals surface area contributed by atoms with E-state index >= 15 is 0 Å². The minimum Gasteiger partial charge on any atom is -0.497 e. The first kappa shape index (κ1) is 21.2. The van der Waals surface area contributed by atoms with Crippen LogP contribution < -0.4 is 4.74 Å². The van der Waals surface area contributed by atoms with Crippen LogP contribution in [0.3, 0.4) is 0 Å². The van der Waals surface area contributed by atoms with Crippen molar-refractivity contribution in [1.82, 2.24) is 9.21 Å². The molecule has 0 N–H and O–H groups in total. The van der Waals surface area contributed by atoms with Crippen molar-refractivity contribution in [2.45, 2.75) is 23.9 Å². The van der Waals surface area contributed by atoms with E-state index in [9.17, 15) is 8.42 Å². The molecule has 0 bridgehead atoms. The van der Waals surface area contributed by atoms with E-state index in [1.54, 1.807) is 35.7 Å². The summed E-state index contributed by atoms with van der Waals surface area (Å²) in [6, 6.07) is 25.6. The van der Waals surface area contributed by atoms with Crippen LogP contribution in [0.2, 0.25) is 0 Å². The van der Waals surface area contributed by atoms with Crippen LogP contribution in [0.15, 0.2) is 83.8 Å². The van der Waals surface area contributed by atoms with Crippen LogP contribution in [0.5, 0.6) is 5.75 Å². The molecule has 5 nitrogen and oxygen atoms in total. The zero-order valence-electron chi connectivity index (χ0n) is 18.2. The zero-order valence-corrected chi connectivity index (χ0v) is 19.0. The Morgan fingerprint density at radius 3 is 2.50 bits per heavy atom. The van der Waals surface area contributed by atoms with E-state index in [-0.39, 0.29) is 10.8 Å². The highest BCUT2D eigenvalue weighted by Gasteiger charge is 2.41. The number of nitrogens with zero attached hydrogens (tertiary/aromatic N) is 2. The highest BCUT2D eigenvalue weighted by Crippen LogP contribution is 2.40. The van der Waals surface area contributed by atoms with Gasteiger partial charge in [-0.2, -0.15) is 4.31 Å². The highest BCUT2D eigenvalue weighted by atomic mass is 32.2. The van der Waals surface area contributed by atoms with Gasteiger partial charge in [-0.15, -0.1) is 0 Å². The Bertz CT molecular complexity index is 1200. The molecule has 2 unspecified atom stereocenters. The fourth-order valence-corrected chi connectivity index (χ4v) is 6.63. The molecule has 0 spiro atoms. The lowest BCUT2D eigenvalue weighted by molar-refractivity contribution is 0.293. The van der Waals surface area contributed by atoms with Gasteiger partial charge in [0.25, 0.3) is 0 Å². The smallest absolute Gasteiger partial charge is 0.243 e. The zero-order chi connectivity index (χ0) is 22.1. The summed E-state index contributed by atoms with van der Waals surface area (Å²) < 4.78 is 34.2. The molecule has 0 radical (unpaired) electrons. The Morgan fingerprint density at radius 1 is 0.906 bits per heavy atom. The predicted molar refractivity (Wildman–Crippen MR) is 125 cm³/mol. The molecule has 1 saturated heterocycles. The van der Waals surface area contributed by atoms with Crippen LogP contribution in [0.25, 0.3) is 0 Å². The molecule has 3 aromatic carbocycles. The van der Waals surface area contributed by atoms with Crippen LogP contribution in [0, 0.1) is 5.92 Å². The van der Waals surface area contributed by atoms with E-state index in [1.807, 2.05) is 12.1 Å². The topological polar surface area (TPSA) is 49.9 Å². The predicted octanol–water partition coefficient (Wildman–Crippen LogP) is 4.12. The minimum absolute atomic E-state index is 0.253. The van der Waals surface area contributed by atoms with Crippen molar-refractivity contribution >= 4 is 10.0 Å². The van der Waals surface area contributed by atoms with Gasteiger partial charge < -0.3 is 4.74 Å². The second-order valence-corrected chi connectivity index (χ2v) is 10.7. The van der Waals surface area contributed by atoms with Gasteiger partial charge in [-0.05, 0) is 34.7 Å². The Hall–Kier alpha value is -2.67. The summed E-state index contributed by atoms with van der Waals surface area (Å²) in [6.07, 6.45) is 0. The normalized spacial score (nSPS) is 21.5. The Morgan fingerprint density at radius 2 is 1.69 bits per heavy atom. The quantitative estimate of drug-likeness (QED) is 0.589. The number of hydrogen-bond acceptors (Lipinski definition) is 4. The molecule has 166 valence electrons. The molecule has 0 saturated carbocycles. The number of fused-ring (bicyclic) bond motifs is 3. The molecule has 32 heavy (non-hydrogen) atoms. The number of hydrogen-bond donors (Lipinski definition) is 0. The lowest BCUT2D eigenvalue weighted by Gasteiger charge is -2.24. The molecule has 0 aliphatic carbocycles. The highest BCUT2D eigenvalue weighted by molar-refractivity contribution is 7.89. The maximum atomic E-state index is 13.6. The van der Waals surface area contributed by atoms with Gasteiger partial charge in [0, 0.05) is 44.7 Å². The SMILES string of the molecule is COc1cccc(S(=O)(=O)N2Cc3ccccc3C3CN(Cc4ccccc4)CC3C2)c1. The number of likely N-dealkylation sites (tertiary alicyclic amines) is 1. The van der Waals surface area contributed by atoms with Gasteiger partial charge in [0.2, 0.25) is 10.0 Å². The Kier molecular flexibility index (Phi) is 5.76. The maximum absolute atomic E-state index is 13.6. The van der Waals surface area contributed by atoms with Crippen molar-refractivity contribution < 1.29 is 13.2 Å². The first-order chi connectivity index (χ1) is 15.5. The largest absolute Gasteiger partial charge is 0.497 e. The van der Waals surface area contributed by atoms with Gasteiger partial charge >= 0.3 is 0 Å². The van der Waals surface area contributed by atoms with E-state index in [4.69, 9.17) is 4.74 Å². The average Bonchev–Trinajstić information content (AvgIpc) is 3.14. The van der Waals surface area contributed by atoms with Crippen LogP contribution in [0.4, 0.5) is 0 Å². The van der Waals surface area contributed by atoms with Crippen molar-refractivity contribution in [3.05, 3.63) is 95.6 Å². The van der Waals surface area contributed by atoms with Crippen molar-refractivity contribution in [1.29, 1.82) is 0 Å². The molecular formula is C26H28N2O3S. The maximum Gasteiger partial charge on any atom is 0.243 e. The summed E-state index contributed by atoms with van der Waals surface area (Å²) in [7, 11) is -2.09. The molecule has 3 aromatic rings. The number of methoxy groups -OCH3 is 1. The average molecular weight is 449 g/mol. The van der Waals surface area contributed by atoms with E-state index < -0.39 is 10.0 Å². The van der Waals surface area contributed by atoms with Crippen molar-refractivity contribution in [2.75, 3.05) is 26.7 Å². The number of ether oxygens (including phenoxy) is 1. The summed E-state index contributed by atoms with van der Waals surface area (Å²) in [5.41, 5.74) is 3.68. The minimum atomic E-state index is -3.64. The van der Waals surface area contributed by atoms with E-state index in [2.05, 4.69) is 47.4 Å². The van der Waals surface area contributed by atoms with Crippen molar-refractivity contribution in [3.8, 4) is 5.75 Å². The third kappa shape index (κ3) is 4.06. The first-order valence-electron chi connectivity index (χ1n) is 11.0. The molecule has 0 amide bonds. The second kappa shape index (κ2) is 8.70. The van der Waals surface area contributed by atoms with Crippen LogP contribution in [-0.2, 0) is 23.1 Å². The fraction of sp³-hybridized carbons (Fsp3) is 0.308. The summed E-state index contributed by atoms with van der Waals surface area (Å²) >= 11 is 0. The van der Waals surface area contributed by atoms with Gasteiger partial charge in [0.05, 0.1) is 12.0 Å².